The normalized spacial score (nSPS) is 11.8. The van der Waals surface area contributed by atoms with Gasteiger partial charge in [-0.2, -0.15) is 0 Å². The van der Waals surface area contributed by atoms with Gasteiger partial charge in [-0.1, -0.05) is 26.0 Å². The van der Waals surface area contributed by atoms with Crippen LogP contribution in [0.2, 0.25) is 0 Å². The van der Waals surface area contributed by atoms with Crippen molar-refractivity contribution in [2.45, 2.75) is 26.3 Å². The number of hydrogen-bond acceptors (Lipinski definition) is 4. The summed E-state index contributed by atoms with van der Waals surface area (Å²) >= 11 is 0. The van der Waals surface area contributed by atoms with Crippen LogP contribution in [0.15, 0.2) is 24.3 Å². The maximum atomic E-state index is 11.8. The molecule has 0 aliphatic rings. The molecule has 0 unspecified atom stereocenters. The van der Waals surface area contributed by atoms with Gasteiger partial charge in [-0.05, 0) is 17.7 Å². The highest BCUT2D eigenvalue weighted by Crippen LogP contribution is 2.14. The van der Waals surface area contributed by atoms with Crippen molar-refractivity contribution in [1.29, 1.82) is 0 Å². The third kappa shape index (κ3) is 4.57. The first kappa shape index (κ1) is 16.0. The van der Waals surface area contributed by atoms with Crippen LogP contribution in [0.25, 0.3) is 0 Å². The van der Waals surface area contributed by atoms with Crippen molar-refractivity contribution in [1.82, 2.24) is 5.32 Å². The Kier molecular flexibility index (Phi) is 6.03. The molecule has 0 heterocycles. The van der Waals surface area contributed by atoms with Gasteiger partial charge < -0.3 is 14.8 Å². The molecule has 0 spiro atoms. The van der Waals surface area contributed by atoms with Crippen molar-refractivity contribution in [3.8, 4) is 5.75 Å². The van der Waals surface area contributed by atoms with E-state index in [1.165, 1.54) is 7.11 Å². The van der Waals surface area contributed by atoms with Crippen LogP contribution in [0.1, 0.15) is 19.4 Å². The molecule has 0 saturated carbocycles. The quantitative estimate of drug-likeness (QED) is 0.802. The fourth-order valence-corrected chi connectivity index (χ4v) is 1.71. The van der Waals surface area contributed by atoms with E-state index < -0.39 is 12.0 Å². The molecule has 0 bridgehead atoms. The van der Waals surface area contributed by atoms with E-state index in [1.54, 1.807) is 21.0 Å². The lowest BCUT2D eigenvalue weighted by molar-refractivity contribution is -0.145. The lowest BCUT2D eigenvalue weighted by Crippen LogP contribution is -2.44. The van der Waals surface area contributed by atoms with Gasteiger partial charge in [0.2, 0.25) is 5.91 Å². The number of esters is 1. The molecule has 1 amide bonds. The van der Waals surface area contributed by atoms with Gasteiger partial charge in [0.15, 0.2) is 0 Å². The van der Waals surface area contributed by atoms with Crippen LogP contribution in [0.5, 0.6) is 5.75 Å². The molecule has 0 aliphatic heterocycles. The number of amides is 1. The molecular formula is C15H21NO4. The smallest absolute Gasteiger partial charge is 0.328 e. The Labute approximate surface area is 119 Å². The molecule has 1 N–H and O–H groups in total. The first-order valence-corrected chi connectivity index (χ1v) is 6.49. The minimum atomic E-state index is -0.693. The molecule has 0 aliphatic carbocycles. The summed E-state index contributed by atoms with van der Waals surface area (Å²) in [6.07, 6.45) is 0.363. The maximum absolute atomic E-state index is 11.8. The number of methoxy groups -OCH3 is 2. The minimum Gasteiger partial charge on any atom is -0.497 e. The van der Waals surface area contributed by atoms with Gasteiger partial charge in [-0.3, -0.25) is 4.79 Å². The van der Waals surface area contributed by atoms with Crippen molar-refractivity contribution in [3.05, 3.63) is 29.8 Å². The first-order chi connectivity index (χ1) is 9.47. The Morgan fingerprint density at radius 2 is 1.95 bits per heavy atom. The van der Waals surface area contributed by atoms with E-state index >= 15 is 0 Å². The molecule has 5 nitrogen and oxygen atoms in total. The van der Waals surface area contributed by atoms with Gasteiger partial charge in [0, 0.05) is 12.3 Å². The Morgan fingerprint density at radius 1 is 1.25 bits per heavy atom. The summed E-state index contributed by atoms with van der Waals surface area (Å²) in [5, 5.41) is 2.70. The van der Waals surface area contributed by atoms with Crippen molar-refractivity contribution in [2.75, 3.05) is 14.2 Å². The van der Waals surface area contributed by atoms with Crippen LogP contribution in [-0.4, -0.2) is 32.1 Å². The second-order valence-corrected chi connectivity index (χ2v) is 4.79. The summed E-state index contributed by atoms with van der Waals surface area (Å²) in [7, 11) is 2.89. The van der Waals surface area contributed by atoms with Crippen molar-refractivity contribution < 1.29 is 19.1 Å². The van der Waals surface area contributed by atoms with Gasteiger partial charge in [-0.25, -0.2) is 4.79 Å². The van der Waals surface area contributed by atoms with Crippen molar-refractivity contribution in [3.63, 3.8) is 0 Å². The highest BCUT2D eigenvalue weighted by atomic mass is 16.5. The largest absolute Gasteiger partial charge is 0.497 e. The van der Waals surface area contributed by atoms with Gasteiger partial charge in [0.05, 0.1) is 14.2 Å². The summed E-state index contributed by atoms with van der Waals surface area (Å²) in [5.41, 5.74) is 0.892. The molecular weight excluding hydrogens is 258 g/mol. The van der Waals surface area contributed by atoms with Crippen LogP contribution in [0.4, 0.5) is 0 Å². The van der Waals surface area contributed by atoms with Crippen LogP contribution in [0, 0.1) is 5.92 Å². The zero-order valence-electron chi connectivity index (χ0n) is 12.3. The zero-order chi connectivity index (χ0) is 15.1. The van der Waals surface area contributed by atoms with E-state index in [2.05, 4.69) is 5.32 Å². The van der Waals surface area contributed by atoms with Gasteiger partial charge >= 0.3 is 5.97 Å². The molecule has 0 radical (unpaired) electrons. The first-order valence-electron chi connectivity index (χ1n) is 6.49. The van der Waals surface area contributed by atoms with Crippen molar-refractivity contribution in [2.24, 2.45) is 5.92 Å². The topological polar surface area (TPSA) is 64.6 Å². The fraction of sp³-hybridized carbons (Fsp3) is 0.467. The minimum absolute atomic E-state index is 0.178. The Bertz CT molecular complexity index is 471. The monoisotopic (exact) mass is 279 g/mol. The highest BCUT2D eigenvalue weighted by molar-refractivity contribution is 5.85. The predicted octanol–water partition coefficient (Wildman–Crippen LogP) is 1.55. The third-order valence-electron chi connectivity index (χ3n) is 2.90. The second-order valence-electron chi connectivity index (χ2n) is 4.79. The standard InChI is InChI=1S/C15H21NO4/c1-10(2)14(17)16-13(15(18)20-4)9-11-6-5-7-12(8-11)19-3/h5-8,10,13H,9H2,1-4H3,(H,16,17)/t13-/m0/s1. The summed E-state index contributed by atoms with van der Waals surface area (Å²) in [6.45, 7) is 3.55. The molecule has 1 rings (SSSR count). The Morgan fingerprint density at radius 3 is 2.50 bits per heavy atom. The summed E-state index contributed by atoms with van der Waals surface area (Å²) in [5.74, 6) is -0.112. The number of ether oxygens (including phenoxy) is 2. The van der Waals surface area contributed by atoms with Gasteiger partial charge in [-0.15, -0.1) is 0 Å². The van der Waals surface area contributed by atoms with Crippen LogP contribution in [0.3, 0.4) is 0 Å². The number of rotatable bonds is 6. The van der Waals surface area contributed by atoms with Crippen LogP contribution >= 0.6 is 0 Å². The van der Waals surface area contributed by atoms with E-state index in [0.29, 0.717) is 12.2 Å². The molecule has 1 atom stereocenters. The molecule has 1 aromatic rings. The lowest BCUT2D eigenvalue weighted by atomic mass is 10.0. The van der Waals surface area contributed by atoms with E-state index in [4.69, 9.17) is 9.47 Å². The molecule has 0 fully saturated rings. The van der Waals surface area contributed by atoms with Crippen LogP contribution in [-0.2, 0) is 20.7 Å². The maximum Gasteiger partial charge on any atom is 0.328 e. The van der Waals surface area contributed by atoms with E-state index in [9.17, 15) is 9.59 Å². The summed E-state index contributed by atoms with van der Waals surface area (Å²) in [4.78, 5) is 23.5. The number of carbonyl (C=O) groups is 2. The summed E-state index contributed by atoms with van der Waals surface area (Å²) < 4.78 is 9.88. The average molecular weight is 279 g/mol. The van der Waals surface area contributed by atoms with Gasteiger partial charge in [0.1, 0.15) is 11.8 Å². The molecule has 20 heavy (non-hydrogen) atoms. The number of benzene rings is 1. The molecule has 5 heteroatoms. The number of nitrogens with one attached hydrogen (secondary N) is 1. The predicted molar refractivity (Wildman–Crippen MR) is 75.5 cm³/mol. The lowest BCUT2D eigenvalue weighted by Gasteiger charge is -2.18. The Balaban J connectivity index is 2.83. The van der Waals surface area contributed by atoms with E-state index in [1.807, 2.05) is 24.3 Å². The van der Waals surface area contributed by atoms with E-state index in [0.717, 1.165) is 5.56 Å². The zero-order valence-corrected chi connectivity index (χ0v) is 12.3. The Hall–Kier alpha value is -2.04. The molecule has 110 valence electrons. The van der Waals surface area contributed by atoms with Gasteiger partial charge in [0.25, 0.3) is 0 Å². The van der Waals surface area contributed by atoms with Crippen LogP contribution < -0.4 is 10.1 Å². The molecule has 0 aromatic heterocycles. The third-order valence-corrected chi connectivity index (χ3v) is 2.90. The fourth-order valence-electron chi connectivity index (χ4n) is 1.71. The summed E-state index contributed by atoms with van der Waals surface area (Å²) in [6, 6.07) is 6.68. The second kappa shape index (κ2) is 7.53. The number of carbonyl (C=O) groups excluding carboxylic acids is 2. The average Bonchev–Trinajstić information content (AvgIpc) is 2.45. The number of hydrogen-bond donors (Lipinski definition) is 1. The SMILES string of the molecule is COC(=O)[C@H](Cc1cccc(OC)c1)NC(=O)C(C)C. The van der Waals surface area contributed by atoms with E-state index in [-0.39, 0.29) is 11.8 Å². The molecule has 1 aromatic carbocycles. The van der Waals surface area contributed by atoms with Crippen molar-refractivity contribution >= 4 is 11.9 Å². The molecule has 0 saturated heterocycles. The highest BCUT2D eigenvalue weighted by Gasteiger charge is 2.23.